The molecular formula is C6H11OS. The van der Waals surface area contributed by atoms with E-state index in [1.54, 1.807) is 6.92 Å². The van der Waals surface area contributed by atoms with Crippen molar-refractivity contribution in [3.05, 3.63) is 0 Å². The van der Waals surface area contributed by atoms with Gasteiger partial charge in [0.15, 0.2) is 0 Å². The van der Waals surface area contributed by atoms with Crippen LogP contribution in [0.5, 0.6) is 0 Å². The van der Waals surface area contributed by atoms with Crippen LogP contribution >= 0.6 is 11.8 Å². The minimum absolute atomic E-state index is 0.329. The summed E-state index contributed by atoms with van der Waals surface area (Å²) in [5, 5.41) is 10.7. The van der Waals surface area contributed by atoms with Crippen LogP contribution in [0.25, 0.3) is 0 Å². The van der Waals surface area contributed by atoms with Crippen LogP contribution in [0.1, 0.15) is 13.3 Å². The molecular weight excluding hydrogens is 120 g/mol. The zero-order valence-electron chi connectivity index (χ0n) is 5.09. The Morgan fingerprint density at radius 1 is 1.75 bits per heavy atom. The molecule has 1 rings (SSSR count). The van der Waals surface area contributed by atoms with Gasteiger partial charge in [0.05, 0.1) is 6.10 Å². The van der Waals surface area contributed by atoms with Crippen LogP contribution < -0.4 is 0 Å². The van der Waals surface area contributed by atoms with E-state index in [2.05, 4.69) is 0 Å². The van der Waals surface area contributed by atoms with Crippen molar-refractivity contribution in [2.45, 2.75) is 19.4 Å². The van der Waals surface area contributed by atoms with Gasteiger partial charge in [-0.15, -0.1) is 0 Å². The first-order valence-corrected chi connectivity index (χ1v) is 4.19. The molecule has 0 saturated carbocycles. The van der Waals surface area contributed by atoms with E-state index in [4.69, 9.17) is 0 Å². The second-order valence-corrected chi connectivity index (χ2v) is 3.48. The van der Waals surface area contributed by atoms with Gasteiger partial charge in [0.2, 0.25) is 0 Å². The average molecular weight is 131 g/mol. The quantitative estimate of drug-likeness (QED) is 0.528. The van der Waals surface area contributed by atoms with Gasteiger partial charge in [0.25, 0.3) is 0 Å². The molecule has 0 N–H and O–H groups in total. The predicted molar refractivity (Wildman–Crippen MR) is 35.6 cm³/mol. The summed E-state index contributed by atoms with van der Waals surface area (Å²) in [6.45, 7) is 1.77. The van der Waals surface area contributed by atoms with Crippen LogP contribution in [0.15, 0.2) is 0 Å². The third-order valence-electron chi connectivity index (χ3n) is 1.63. The number of rotatable bonds is 1. The van der Waals surface area contributed by atoms with Crippen molar-refractivity contribution in [3.8, 4) is 0 Å². The molecule has 1 heterocycles. The fraction of sp³-hybridized carbons (Fsp3) is 1.00. The SMILES string of the molecule is CC([O])C1CCSC1. The normalized spacial score (nSPS) is 33.0. The first kappa shape index (κ1) is 6.43. The number of hydrogen-bond donors (Lipinski definition) is 0. The Morgan fingerprint density at radius 3 is 2.75 bits per heavy atom. The molecule has 0 aromatic heterocycles. The molecule has 0 bridgehead atoms. The molecule has 2 unspecified atom stereocenters. The van der Waals surface area contributed by atoms with Gasteiger partial charge in [-0.25, -0.2) is 5.11 Å². The Kier molecular flexibility index (Phi) is 2.20. The summed E-state index contributed by atoms with van der Waals surface area (Å²) in [4.78, 5) is 0. The second-order valence-electron chi connectivity index (χ2n) is 2.33. The average Bonchev–Trinajstić information content (AvgIpc) is 2.12. The zero-order valence-corrected chi connectivity index (χ0v) is 5.91. The molecule has 2 heteroatoms. The molecule has 8 heavy (non-hydrogen) atoms. The number of hydrogen-bond acceptors (Lipinski definition) is 1. The van der Waals surface area contributed by atoms with Crippen LogP contribution in [0, 0.1) is 5.92 Å². The summed E-state index contributed by atoms with van der Waals surface area (Å²) >= 11 is 1.91. The summed E-state index contributed by atoms with van der Waals surface area (Å²) in [5.74, 6) is 2.78. The van der Waals surface area contributed by atoms with Crippen molar-refractivity contribution in [2.75, 3.05) is 11.5 Å². The highest BCUT2D eigenvalue weighted by Gasteiger charge is 2.20. The largest absolute Gasteiger partial charge is 0.233 e. The van der Waals surface area contributed by atoms with Crippen molar-refractivity contribution in [2.24, 2.45) is 5.92 Å². The van der Waals surface area contributed by atoms with Crippen molar-refractivity contribution in [1.29, 1.82) is 0 Å². The Labute approximate surface area is 54.5 Å². The summed E-state index contributed by atoms with van der Waals surface area (Å²) in [7, 11) is 0. The molecule has 1 fully saturated rings. The molecule has 47 valence electrons. The van der Waals surface area contributed by atoms with Gasteiger partial charge in [-0.1, -0.05) is 0 Å². The molecule has 0 aromatic carbocycles. The highest BCUT2D eigenvalue weighted by Crippen LogP contribution is 2.25. The highest BCUT2D eigenvalue weighted by molar-refractivity contribution is 7.99. The van der Waals surface area contributed by atoms with Gasteiger partial charge in [-0.05, 0) is 30.8 Å². The third-order valence-corrected chi connectivity index (χ3v) is 2.82. The Morgan fingerprint density at radius 2 is 2.50 bits per heavy atom. The van der Waals surface area contributed by atoms with Gasteiger partial charge in [-0.2, -0.15) is 11.8 Å². The molecule has 2 atom stereocenters. The van der Waals surface area contributed by atoms with Crippen LogP contribution in [0.2, 0.25) is 0 Å². The van der Waals surface area contributed by atoms with Gasteiger partial charge in [-0.3, -0.25) is 0 Å². The van der Waals surface area contributed by atoms with Crippen molar-refractivity contribution < 1.29 is 5.11 Å². The molecule has 0 aromatic rings. The predicted octanol–water partition coefficient (Wildman–Crippen LogP) is 1.56. The van der Waals surface area contributed by atoms with E-state index in [1.165, 1.54) is 5.75 Å². The van der Waals surface area contributed by atoms with Crippen LogP contribution in [0.4, 0.5) is 0 Å². The molecule has 0 amide bonds. The van der Waals surface area contributed by atoms with E-state index in [0.717, 1.165) is 12.2 Å². The van der Waals surface area contributed by atoms with E-state index < -0.39 is 0 Å². The zero-order chi connectivity index (χ0) is 5.98. The minimum atomic E-state index is -0.329. The van der Waals surface area contributed by atoms with Crippen LogP contribution in [0.3, 0.4) is 0 Å². The maximum Gasteiger partial charge on any atom is 0.0938 e. The maximum atomic E-state index is 10.7. The fourth-order valence-electron chi connectivity index (χ4n) is 0.923. The number of thioether (sulfide) groups is 1. The maximum absolute atomic E-state index is 10.7. The molecule has 1 aliphatic rings. The lowest BCUT2D eigenvalue weighted by Gasteiger charge is -2.06. The van der Waals surface area contributed by atoms with Gasteiger partial charge in [0, 0.05) is 0 Å². The highest BCUT2D eigenvalue weighted by atomic mass is 32.2. The van der Waals surface area contributed by atoms with E-state index in [1.807, 2.05) is 11.8 Å². The summed E-state index contributed by atoms with van der Waals surface area (Å²) in [6, 6.07) is 0. The molecule has 0 aliphatic carbocycles. The lowest BCUT2D eigenvalue weighted by Crippen LogP contribution is -2.13. The Balaban J connectivity index is 2.24. The van der Waals surface area contributed by atoms with Crippen molar-refractivity contribution >= 4 is 11.8 Å². The summed E-state index contributed by atoms with van der Waals surface area (Å²) in [5.41, 5.74) is 0. The van der Waals surface area contributed by atoms with E-state index in [-0.39, 0.29) is 6.10 Å². The minimum Gasteiger partial charge on any atom is -0.233 e. The first-order chi connectivity index (χ1) is 3.80. The van der Waals surface area contributed by atoms with Crippen LogP contribution in [-0.2, 0) is 5.11 Å². The summed E-state index contributed by atoms with van der Waals surface area (Å²) in [6.07, 6.45) is 0.819. The first-order valence-electron chi connectivity index (χ1n) is 3.04. The van der Waals surface area contributed by atoms with Crippen molar-refractivity contribution in [3.63, 3.8) is 0 Å². The fourth-order valence-corrected chi connectivity index (χ4v) is 2.30. The van der Waals surface area contributed by atoms with E-state index in [0.29, 0.717) is 5.92 Å². The molecule has 0 spiro atoms. The van der Waals surface area contributed by atoms with E-state index in [9.17, 15) is 5.11 Å². The van der Waals surface area contributed by atoms with Crippen molar-refractivity contribution in [1.82, 2.24) is 0 Å². The molecule has 1 nitrogen and oxygen atoms in total. The summed E-state index contributed by atoms with van der Waals surface area (Å²) < 4.78 is 0. The van der Waals surface area contributed by atoms with E-state index >= 15 is 0 Å². The lowest BCUT2D eigenvalue weighted by molar-refractivity contribution is 0.0619. The molecule has 1 radical (unpaired) electrons. The topological polar surface area (TPSA) is 19.9 Å². The lowest BCUT2D eigenvalue weighted by atomic mass is 10.0. The Bertz CT molecular complexity index is 66.9. The Hall–Kier alpha value is 0.310. The molecule has 1 aliphatic heterocycles. The second kappa shape index (κ2) is 2.74. The van der Waals surface area contributed by atoms with Crippen LogP contribution in [-0.4, -0.2) is 17.6 Å². The standard InChI is InChI=1S/C6H11OS/c1-5(7)6-2-3-8-4-6/h5-6H,2-4H2,1H3. The smallest absolute Gasteiger partial charge is 0.0938 e. The third kappa shape index (κ3) is 1.39. The molecule has 1 saturated heterocycles. The monoisotopic (exact) mass is 131 g/mol. The van der Waals surface area contributed by atoms with Gasteiger partial charge in [0.1, 0.15) is 0 Å². The van der Waals surface area contributed by atoms with Gasteiger partial charge < -0.3 is 0 Å². The van der Waals surface area contributed by atoms with Gasteiger partial charge >= 0.3 is 0 Å².